The SMILES string of the molecule is C[C@@H](Sc1n[nH]c(=O)n1CCc1ccccc1)C(=O)NCc1ccc(F)cc1. The Balaban J connectivity index is 1.57. The topological polar surface area (TPSA) is 79.8 Å². The fourth-order valence-electron chi connectivity index (χ4n) is 2.62. The van der Waals surface area contributed by atoms with Gasteiger partial charge in [0, 0.05) is 13.1 Å². The van der Waals surface area contributed by atoms with Crippen molar-refractivity contribution in [3.8, 4) is 0 Å². The summed E-state index contributed by atoms with van der Waals surface area (Å²) in [6.07, 6.45) is 0.693. The number of aryl methyl sites for hydroxylation is 1. The third-order valence-electron chi connectivity index (χ3n) is 4.22. The van der Waals surface area contributed by atoms with E-state index in [9.17, 15) is 14.0 Å². The standard InChI is InChI=1S/C20H21FN4O2S/c1-14(18(26)22-13-16-7-9-17(21)10-8-16)28-20-24-23-19(27)25(20)12-11-15-5-3-2-4-6-15/h2-10,14H,11-13H2,1H3,(H,22,26)(H,23,27)/t14-/m1/s1. The van der Waals surface area contributed by atoms with Gasteiger partial charge in [0.15, 0.2) is 5.16 Å². The molecule has 0 saturated heterocycles. The second kappa shape index (κ2) is 9.36. The Labute approximate surface area is 166 Å². The summed E-state index contributed by atoms with van der Waals surface area (Å²) in [5, 5.41) is 9.35. The summed E-state index contributed by atoms with van der Waals surface area (Å²) in [5.41, 5.74) is 1.64. The largest absolute Gasteiger partial charge is 0.351 e. The van der Waals surface area contributed by atoms with E-state index < -0.39 is 5.25 Å². The van der Waals surface area contributed by atoms with E-state index in [1.807, 2.05) is 30.3 Å². The molecule has 1 amide bonds. The van der Waals surface area contributed by atoms with Gasteiger partial charge in [-0.05, 0) is 36.6 Å². The Kier molecular flexibility index (Phi) is 6.65. The lowest BCUT2D eigenvalue weighted by Crippen LogP contribution is -2.31. The van der Waals surface area contributed by atoms with Gasteiger partial charge in [0.25, 0.3) is 0 Å². The van der Waals surface area contributed by atoms with Gasteiger partial charge in [0.2, 0.25) is 5.91 Å². The Morgan fingerprint density at radius 2 is 1.89 bits per heavy atom. The molecular formula is C20H21FN4O2S. The molecule has 2 aromatic carbocycles. The minimum atomic E-state index is -0.439. The number of aromatic nitrogens is 3. The van der Waals surface area contributed by atoms with Crippen LogP contribution < -0.4 is 11.0 Å². The lowest BCUT2D eigenvalue weighted by atomic mass is 10.1. The molecule has 28 heavy (non-hydrogen) atoms. The van der Waals surface area contributed by atoms with Crippen LogP contribution in [0.25, 0.3) is 0 Å². The summed E-state index contributed by atoms with van der Waals surface area (Å²) in [6.45, 7) is 2.54. The summed E-state index contributed by atoms with van der Waals surface area (Å²) >= 11 is 1.22. The number of hydrogen-bond donors (Lipinski definition) is 2. The van der Waals surface area contributed by atoms with E-state index in [4.69, 9.17) is 0 Å². The van der Waals surface area contributed by atoms with Crippen LogP contribution in [0.1, 0.15) is 18.1 Å². The van der Waals surface area contributed by atoms with Gasteiger partial charge in [-0.3, -0.25) is 9.36 Å². The summed E-state index contributed by atoms with van der Waals surface area (Å²) in [4.78, 5) is 24.4. The molecule has 1 heterocycles. The molecule has 0 unspecified atom stereocenters. The summed E-state index contributed by atoms with van der Waals surface area (Å²) < 4.78 is 14.5. The number of amides is 1. The zero-order chi connectivity index (χ0) is 19.9. The van der Waals surface area contributed by atoms with Gasteiger partial charge in [-0.1, -0.05) is 54.2 Å². The smallest absolute Gasteiger partial charge is 0.343 e. The van der Waals surface area contributed by atoms with Crippen LogP contribution in [0, 0.1) is 5.82 Å². The van der Waals surface area contributed by atoms with Gasteiger partial charge in [0.05, 0.1) is 5.25 Å². The first-order valence-corrected chi connectivity index (χ1v) is 9.79. The molecule has 8 heteroatoms. The fourth-order valence-corrected chi connectivity index (χ4v) is 3.53. The maximum Gasteiger partial charge on any atom is 0.343 e. The number of carbonyl (C=O) groups is 1. The number of halogens is 1. The first kappa shape index (κ1) is 19.9. The third-order valence-corrected chi connectivity index (χ3v) is 5.31. The number of carbonyl (C=O) groups excluding carboxylic acids is 1. The normalized spacial score (nSPS) is 11.9. The molecule has 0 saturated carbocycles. The quantitative estimate of drug-likeness (QED) is 0.570. The van der Waals surface area contributed by atoms with Crippen LogP contribution in [-0.2, 0) is 24.3 Å². The summed E-state index contributed by atoms with van der Waals surface area (Å²) in [7, 11) is 0. The molecule has 0 fully saturated rings. The van der Waals surface area contributed by atoms with Crippen molar-refractivity contribution in [2.24, 2.45) is 0 Å². The molecule has 0 radical (unpaired) electrons. The van der Waals surface area contributed by atoms with Crippen LogP contribution in [0.15, 0.2) is 64.5 Å². The van der Waals surface area contributed by atoms with Crippen molar-refractivity contribution >= 4 is 17.7 Å². The number of H-pyrrole nitrogens is 1. The van der Waals surface area contributed by atoms with E-state index in [2.05, 4.69) is 15.5 Å². The van der Waals surface area contributed by atoms with Crippen LogP contribution in [0.5, 0.6) is 0 Å². The number of nitrogens with zero attached hydrogens (tertiary/aromatic N) is 2. The molecule has 1 aromatic heterocycles. The van der Waals surface area contributed by atoms with Crippen LogP contribution in [0.2, 0.25) is 0 Å². The first-order valence-electron chi connectivity index (χ1n) is 8.91. The predicted octanol–water partition coefficient (Wildman–Crippen LogP) is 2.75. The van der Waals surface area contributed by atoms with Crippen LogP contribution >= 0.6 is 11.8 Å². The summed E-state index contributed by atoms with van der Waals surface area (Å²) in [5.74, 6) is -0.495. The van der Waals surface area contributed by atoms with Crippen LogP contribution in [0.3, 0.4) is 0 Å². The van der Waals surface area contributed by atoms with E-state index in [1.54, 1.807) is 23.6 Å². The number of rotatable bonds is 8. The zero-order valence-corrected chi connectivity index (χ0v) is 16.2. The van der Waals surface area contributed by atoms with Crippen LogP contribution in [0.4, 0.5) is 4.39 Å². The molecule has 0 aliphatic heterocycles. The van der Waals surface area contributed by atoms with Crippen LogP contribution in [-0.4, -0.2) is 25.9 Å². The van der Waals surface area contributed by atoms with Crippen molar-refractivity contribution < 1.29 is 9.18 Å². The minimum Gasteiger partial charge on any atom is -0.351 e. The number of thioether (sulfide) groups is 1. The number of nitrogens with one attached hydrogen (secondary N) is 2. The van der Waals surface area contributed by atoms with E-state index in [0.29, 0.717) is 24.7 Å². The molecule has 0 spiro atoms. The molecule has 3 aromatic rings. The Bertz CT molecular complexity index is 970. The second-order valence-electron chi connectivity index (χ2n) is 6.30. The monoisotopic (exact) mass is 400 g/mol. The van der Waals surface area contributed by atoms with Gasteiger partial charge in [0.1, 0.15) is 5.82 Å². The van der Waals surface area contributed by atoms with Gasteiger partial charge in [-0.25, -0.2) is 14.3 Å². The van der Waals surface area contributed by atoms with E-state index in [1.165, 1.54) is 23.9 Å². The van der Waals surface area contributed by atoms with Crippen molar-refractivity contribution in [3.05, 3.63) is 82.0 Å². The van der Waals surface area contributed by atoms with E-state index >= 15 is 0 Å². The van der Waals surface area contributed by atoms with E-state index in [0.717, 1.165) is 11.1 Å². The molecule has 146 valence electrons. The Hall–Kier alpha value is -2.87. The lowest BCUT2D eigenvalue weighted by Gasteiger charge is -2.12. The van der Waals surface area contributed by atoms with Crippen molar-refractivity contribution in [1.82, 2.24) is 20.1 Å². The molecule has 0 aliphatic rings. The van der Waals surface area contributed by atoms with Crippen molar-refractivity contribution in [3.63, 3.8) is 0 Å². The minimum absolute atomic E-state index is 0.181. The number of hydrogen-bond acceptors (Lipinski definition) is 4. The Morgan fingerprint density at radius 3 is 2.61 bits per heavy atom. The average Bonchev–Trinajstić information content (AvgIpc) is 3.05. The molecule has 0 aliphatic carbocycles. The maximum absolute atomic E-state index is 12.9. The van der Waals surface area contributed by atoms with Gasteiger partial charge in [-0.15, -0.1) is 5.10 Å². The van der Waals surface area contributed by atoms with Gasteiger partial charge < -0.3 is 5.32 Å². The molecule has 1 atom stereocenters. The van der Waals surface area contributed by atoms with Gasteiger partial charge in [-0.2, -0.15) is 0 Å². The molecule has 2 N–H and O–H groups in total. The van der Waals surface area contributed by atoms with Crippen molar-refractivity contribution in [2.45, 2.75) is 36.8 Å². The number of aromatic amines is 1. The second-order valence-corrected chi connectivity index (χ2v) is 7.61. The van der Waals surface area contributed by atoms with Crippen molar-refractivity contribution in [2.75, 3.05) is 0 Å². The first-order chi connectivity index (χ1) is 13.5. The predicted molar refractivity (Wildman–Crippen MR) is 107 cm³/mol. The number of benzene rings is 2. The highest BCUT2D eigenvalue weighted by Crippen LogP contribution is 2.20. The highest BCUT2D eigenvalue weighted by Gasteiger charge is 2.18. The molecule has 6 nitrogen and oxygen atoms in total. The maximum atomic E-state index is 12.9. The molecule has 3 rings (SSSR count). The van der Waals surface area contributed by atoms with Gasteiger partial charge >= 0.3 is 5.69 Å². The fraction of sp³-hybridized carbons (Fsp3) is 0.250. The van der Waals surface area contributed by atoms with Crippen molar-refractivity contribution in [1.29, 1.82) is 0 Å². The lowest BCUT2D eigenvalue weighted by molar-refractivity contribution is -0.120. The third kappa shape index (κ3) is 5.32. The highest BCUT2D eigenvalue weighted by atomic mass is 32.2. The highest BCUT2D eigenvalue weighted by molar-refractivity contribution is 8.00. The molecular weight excluding hydrogens is 379 g/mol. The van der Waals surface area contributed by atoms with E-state index in [-0.39, 0.29) is 17.4 Å². The summed E-state index contributed by atoms with van der Waals surface area (Å²) in [6, 6.07) is 15.8. The average molecular weight is 400 g/mol. The Morgan fingerprint density at radius 1 is 1.18 bits per heavy atom. The molecule has 0 bridgehead atoms. The zero-order valence-electron chi connectivity index (χ0n) is 15.4.